The molecule has 1 aliphatic heterocycles. The van der Waals surface area contributed by atoms with Crippen LogP contribution in [0.3, 0.4) is 0 Å². The molecule has 2 rings (SSSR count). The number of sulfone groups is 1. The molecule has 1 heterocycles. The first-order valence-electron chi connectivity index (χ1n) is 6.30. The second kappa shape index (κ2) is 5.79. The number of benzene rings is 1. The molecule has 5 nitrogen and oxygen atoms in total. The van der Waals surface area contributed by atoms with Gasteiger partial charge in [-0.2, -0.15) is 0 Å². The highest BCUT2D eigenvalue weighted by atomic mass is 32.2. The maximum Gasteiger partial charge on any atom is 0.231 e. The zero-order valence-corrected chi connectivity index (χ0v) is 12.0. The van der Waals surface area contributed by atoms with Crippen molar-refractivity contribution < 1.29 is 17.9 Å². The molecule has 0 aliphatic carbocycles. The van der Waals surface area contributed by atoms with Crippen LogP contribution in [0.2, 0.25) is 0 Å². The van der Waals surface area contributed by atoms with Gasteiger partial charge in [-0.25, -0.2) is 8.42 Å². The smallest absolute Gasteiger partial charge is 0.231 e. The Morgan fingerprint density at radius 1 is 1.32 bits per heavy atom. The predicted octanol–water partition coefficient (Wildman–Crippen LogP) is 1.50. The third kappa shape index (κ3) is 3.84. The molecule has 0 radical (unpaired) electrons. The molecule has 19 heavy (non-hydrogen) atoms. The van der Waals surface area contributed by atoms with Crippen LogP contribution >= 0.6 is 0 Å². The normalized spacial score (nSPS) is 15.5. The Bertz CT molecular complexity index is 542. The van der Waals surface area contributed by atoms with Crippen LogP contribution in [0, 0.1) is 0 Å². The molecule has 1 aromatic rings. The molecule has 0 spiro atoms. The summed E-state index contributed by atoms with van der Waals surface area (Å²) < 4.78 is 33.6. The van der Waals surface area contributed by atoms with E-state index in [1.807, 2.05) is 25.1 Å². The summed E-state index contributed by atoms with van der Waals surface area (Å²) in [7, 11) is -3.05. The molecule has 1 atom stereocenters. The highest BCUT2D eigenvalue weighted by Gasteiger charge is 2.20. The van der Waals surface area contributed by atoms with Crippen LogP contribution in [0.4, 0.5) is 0 Å². The Hall–Kier alpha value is -1.27. The second-order valence-electron chi connectivity index (χ2n) is 4.71. The molecule has 0 saturated heterocycles. The zero-order chi connectivity index (χ0) is 13.9. The van der Waals surface area contributed by atoms with Crippen LogP contribution in [0.25, 0.3) is 0 Å². The van der Waals surface area contributed by atoms with Gasteiger partial charge in [-0.1, -0.05) is 13.0 Å². The summed E-state index contributed by atoms with van der Waals surface area (Å²) in [6.45, 7) is 3.04. The summed E-state index contributed by atoms with van der Waals surface area (Å²) in [5.74, 6) is 1.46. The number of rotatable bonds is 6. The second-order valence-corrected chi connectivity index (χ2v) is 6.90. The molecule has 0 fully saturated rings. The average molecular weight is 285 g/mol. The highest BCUT2D eigenvalue weighted by Crippen LogP contribution is 2.34. The quantitative estimate of drug-likeness (QED) is 0.858. The van der Waals surface area contributed by atoms with Gasteiger partial charge in [0.1, 0.15) is 9.84 Å². The van der Waals surface area contributed by atoms with E-state index in [0.29, 0.717) is 11.5 Å². The van der Waals surface area contributed by atoms with Crippen LogP contribution in [0.1, 0.15) is 24.9 Å². The molecule has 0 saturated carbocycles. The Morgan fingerprint density at radius 2 is 2.05 bits per heavy atom. The molecular weight excluding hydrogens is 266 g/mol. The fraction of sp³-hybridized carbons (Fsp3) is 0.538. The van der Waals surface area contributed by atoms with Gasteiger partial charge in [0.05, 0.1) is 5.75 Å². The lowest BCUT2D eigenvalue weighted by molar-refractivity contribution is 0.174. The Kier molecular flexibility index (Phi) is 4.31. The summed E-state index contributed by atoms with van der Waals surface area (Å²) in [6, 6.07) is 5.33. The lowest BCUT2D eigenvalue weighted by Gasteiger charge is -2.18. The standard InChI is InChI=1S/C13H19NO4S/c1-3-6-14-11(8-19(2,15)16)10-4-5-12-13(7-10)18-9-17-12/h4-5,7,11,14H,3,6,8-9H2,1-2H3. The molecule has 0 bridgehead atoms. The summed E-state index contributed by atoms with van der Waals surface area (Å²) >= 11 is 0. The van der Waals surface area contributed by atoms with E-state index in [2.05, 4.69) is 5.32 Å². The van der Waals surface area contributed by atoms with Gasteiger partial charge in [0.2, 0.25) is 6.79 Å². The van der Waals surface area contributed by atoms with Crippen LogP contribution in [-0.4, -0.2) is 33.8 Å². The van der Waals surface area contributed by atoms with Gasteiger partial charge in [-0.3, -0.25) is 0 Å². The molecule has 1 aromatic carbocycles. The SMILES string of the molecule is CCCNC(CS(C)(=O)=O)c1ccc2c(c1)OCO2. The Labute approximate surface area is 113 Å². The van der Waals surface area contributed by atoms with E-state index in [4.69, 9.17) is 9.47 Å². The maximum atomic E-state index is 11.5. The number of hydrogen-bond donors (Lipinski definition) is 1. The fourth-order valence-electron chi connectivity index (χ4n) is 2.02. The van der Waals surface area contributed by atoms with Crippen LogP contribution in [0.15, 0.2) is 18.2 Å². The number of nitrogens with one attached hydrogen (secondary N) is 1. The van der Waals surface area contributed by atoms with Crippen molar-refractivity contribution in [1.29, 1.82) is 0 Å². The minimum atomic E-state index is -3.05. The molecule has 1 N–H and O–H groups in total. The van der Waals surface area contributed by atoms with E-state index in [1.165, 1.54) is 6.26 Å². The first-order valence-corrected chi connectivity index (χ1v) is 8.36. The molecule has 1 aliphatic rings. The van der Waals surface area contributed by atoms with Crippen molar-refractivity contribution in [1.82, 2.24) is 5.32 Å². The van der Waals surface area contributed by atoms with Crippen LogP contribution < -0.4 is 14.8 Å². The van der Waals surface area contributed by atoms with E-state index in [9.17, 15) is 8.42 Å². The monoisotopic (exact) mass is 285 g/mol. The van der Waals surface area contributed by atoms with Crippen molar-refractivity contribution in [3.63, 3.8) is 0 Å². The van der Waals surface area contributed by atoms with Gasteiger partial charge in [0.25, 0.3) is 0 Å². The maximum absolute atomic E-state index is 11.5. The average Bonchev–Trinajstić information content (AvgIpc) is 2.80. The predicted molar refractivity (Wildman–Crippen MR) is 73.3 cm³/mol. The first kappa shape index (κ1) is 14.1. The van der Waals surface area contributed by atoms with Crippen molar-refractivity contribution in [3.05, 3.63) is 23.8 Å². The van der Waals surface area contributed by atoms with E-state index in [0.717, 1.165) is 18.5 Å². The Morgan fingerprint density at radius 3 is 2.74 bits per heavy atom. The molecular formula is C13H19NO4S. The summed E-state index contributed by atoms with van der Waals surface area (Å²) in [4.78, 5) is 0. The van der Waals surface area contributed by atoms with Gasteiger partial charge in [0.15, 0.2) is 11.5 Å². The van der Waals surface area contributed by atoms with Crippen molar-refractivity contribution >= 4 is 9.84 Å². The van der Waals surface area contributed by atoms with Crippen LogP contribution in [0.5, 0.6) is 11.5 Å². The molecule has 0 amide bonds. The fourth-order valence-corrected chi connectivity index (χ4v) is 2.94. The summed E-state index contributed by atoms with van der Waals surface area (Å²) in [5.41, 5.74) is 0.906. The largest absolute Gasteiger partial charge is 0.454 e. The molecule has 0 aromatic heterocycles. The third-order valence-corrected chi connectivity index (χ3v) is 3.85. The van der Waals surface area contributed by atoms with E-state index < -0.39 is 9.84 Å². The molecule has 1 unspecified atom stereocenters. The van der Waals surface area contributed by atoms with Crippen molar-refractivity contribution in [2.24, 2.45) is 0 Å². The topological polar surface area (TPSA) is 64.6 Å². The van der Waals surface area contributed by atoms with Gasteiger partial charge in [0, 0.05) is 12.3 Å². The zero-order valence-electron chi connectivity index (χ0n) is 11.2. The minimum absolute atomic E-state index is 0.0760. The first-order chi connectivity index (χ1) is 8.99. The molecule has 106 valence electrons. The lowest BCUT2D eigenvalue weighted by Crippen LogP contribution is -2.28. The van der Waals surface area contributed by atoms with Gasteiger partial charge < -0.3 is 14.8 Å². The van der Waals surface area contributed by atoms with E-state index in [1.54, 1.807) is 0 Å². The number of ether oxygens (including phenoxy) is 2. The summed E-state index contributed by atoms with van der Waals surface area (Å²) in [5, 5.41) is 3.26. The van der Waals surface area contributed by atoms with Crippen molar-refractivity contribution in [2.75, 3.05) is 25.3 Å². The van der Waals surface area contributed by atoms with Crippen LogP contribution in [-0.2, 0) is 9.84 Å². The summed E-state index contributed by atoms with van der Waals surface area (Å²) in [6.07, 6.45) is 2.20. The van der Waals surface area contributed by atoms with Gasteiger partial charge >= 0.3 is 0 Å². The highest BCUT2D eigenvalue weighted by molar-refractivity contribution is 7.90. The number of fused-ring (bicyclic) bond motifs is 1. The van der Waals surface area contributed by atoms with Gasteiger partial charge in [-0.15, -0.1) is 0 Å². The van der Waals surface area contributed by atoms with Crippen molar-refractivity contribution in [2.45, 2.75) is 19.4 Å². The minimum Gasteiger partial charge on any atom is -0.454 e. The lowest BCUT2D eigenvalue weighted by atomic mass is 10.1. The van der Waals surface area contributed by atoms with Crippen molar-refractivity contribution in [3.8, 4) is 11.5 Å². The number of hydrogen-bond acceptors (Lipinski definition) is 5. The Balaban J connectivity index is 2.21. The van der Waals surface area contributed by atoms with E-state index in [-0.39, 0.29) is 18.6 Å². The molecule has 6 heteroatoms. The van der Waals surface area contributed by atoms with E-state index >= 15 is 0 Å². The van der Waals surface area contributed by atoms with Gasteiger partial charge in [-0.05, 0) is 30.7 Å². The third-order valence-electron chi connectivity index (χ3n) is 2.91.